The number of hydrogen-bond donors (Lipinski definition) is 1. The van der Waals surface area contributed by atoms with Crippen LogP contribution in [0.25, 0.3) is 0 Å². The molecule has 0 amide bonds. The van der Waals surface area contributed by atoms with E-state index >= 15 is 0 Å². The molecular weight excluding hydrogens is 332 g/mol. The number of likely N-dealkylation sites (tertiary alicyclic amines) is 1. The second kappa shape index (κ2) is 9.09. The minimum Gasteiger partial charge on any atom is -0.497 e. The van der Waals surface area contributed by atoms with Crippen molar-refractivity contribution in [2.45, 2.75) is 19.0 Å². The number of methoxy groups -OCH3 is 2. The lowest BCUT2D eigenvalue weighted by molar-refractivity contribution is 0.0195. The van der Waals surface area contributed by atoms with Crippen LogP contribution in [0.3, 0.4) is 0 Å². The van der Waals surface area contributed by atoms with E-state index in [0.29, 0.717) is 12.6 Å². The van der Waals surface area contributed by atoms with Gasteiger partial charge in [0.25, 0.3) is 0 Å². The van der Waals surface area contributed by atoms with Gasteiger partial charge >= 0.3 is 0 Å². The average Bonchev–Trinajstić information content (AvgIpc) is 3.19. The van der Waals surface area contributed by atoms with Gasteiger partial charge in [-0.1, -0.05) is 0 Å². The van der Waals surface area contributed by atoms with Crippen molar-refractivity contribution >= 4 is 5.96 Å². The quantitative estimate of drug-likeness (QED) is 0.627. The molecule has 7 nitrogen and oxygen atoms in total. The van der Waals surface area contributed by atoms with Crippen molar-refractivity contribution in [3.63, 3.8) is 0 Å². The smallest absolute Gasteiger partial charge is 0.193 e. The number of ether oxygens (including phenoxy) is 3. The van der Waals surface area contributed by atoms with Gasteiger partial charge in [0.1, 0.15) is 11.5 Å². The van der Waals surface area contributed by atoms with Crippen LogP contribution < -0.4 is 14.8 Å². The molecule has 1 aromatic rings. The largest absolute Gasteiger partial charge is 0.497 e. The third-order valence-corrected chi connectivity index (χ3v) is 5.17. The Morgan fingerprint density at radius 1 is 1.23 bits per heavy atom. The summed E-state index contributed by atoms with van der Waals surface area (Å²) >= 11 is 0. The first-order chi connectivity index (χ1) is 12.7. The molecule has 0 bridgehead atoms. The van der Waals surface area contributed by atoms with E-state index in [1.165, 1.54) is 6.42 Å². The van der Waals surface area contributed by atoms with E-state index in [0.717, 1.165) is 62.4 Å². The predicted octanol–water partition coefficient (Wildman–Crippen LogP) is 1.19. The molecule has 26 heavy (non-hydrogen) atoms. The summed E-state index contributed by atoms with van der Waals surface area (Å²) < 4.78 is 16.2. The zero-order chi connectivity index (χ0) is 18.4. The number of benzene rings is 1. The molecular formula is C19H30N4O3. The van der Waals surface area contributed by atoms with E-state index in [4.69, 9.17) is 14.2 Å². The highest BCUT2D eigenvalue weighted by molar-refractivity contribution is 5.80. The third kappa shape index (κ3) is 4.40. The highest BCUT2D eigenvalue weighted by atomic mass is 16.5. The molecule has 0 aromatic heterocycles. The fourth-order valence-corrected chi connectivity index (χ4v) is 3.68. The van der Waals surface area contributed by atoms with Crippen molar-refractivity contribution in [2.75, 3.05) is 60.7 Å². The molecule has 0 spiro atoms. The molecule has 2 saturated heterocycles. The van der Waals surface area contributed by atoms with Crippen molar-refractivity contribution in [1.29, 1.82) is 0 Å². The minimum atomic E-state index is 0.591. The van der Waals surface area contributed by atoms with Gasteiger partial charge in [-0.2, -0.15) is 0 Å². The summed E-state index contributed by atoms with van der Waals surface area (Å²) in [7, 11) is 5.18. The number of nitrogens with one attached hydrogen (secondary N) is 1. The van der Waals surface area contributed by atoms with Crippen LogP contribution in [0.2, 0.25) is 0 Å². The SMILES string of the molecule is CN=C(NCc1ccc(OC)cc1OC)N1CCC(N2CCOCC2)C1. The maximum atomic E-state index is 5.48. The summed E-state index contributed by atoms with van der Waals surface area (Å²) in [6, 6.07) is 6.47. The Hall–Kier alpha value is -1.99. The number of aliphatic imine (C=N–C) groups is 1. The third-order valence-electron chi connectivity index (χ3n) is 5.17. The Labute approximate surface area is 155 Å². The zero-order valence-electron chi connectivity index (χ0n) is 16.0. The van der Waals surface area contributed by atoms with Crippen LogP contribution in [0.1, 0.15) is 12.0 Å². The van der Waals surface area contributed by atoms with Gasteiger partial charge in [0.05, 0.1) is 27.4 Å². The van der Waals surface area contributed by atoms with Crippen molar-refractivity contribution < 1.29 is 14.2 Å². The molecule has 0 aliphatic carbocycles. The second-order valence-electron chi connectivity index (χ2n) is 6.62. The van der Waals surface area contributed by atoms with Gasteiger partial charge in [-0.3, -0.25) is 9.89 Å². The lowest BCUT2D eigenvalue weighted by atomic mass is 10.2. The van der Waals surface area contributed by atoms with Crippen LogP contribution in [0, 0.1) is 0 Å². The molecule has 1 unspecified atom stereocenters. The number of morpholine rings is 1. The molecule has 144 valence electrons. The fourth-order valence-electron chi connectivity index (χ4n) is 3.68. The Kier molecular flexibility index (Phi) is 6.57. The predicted molar refractivity (Wildman–Crippen MR) is 102 cm³/mol. The molecule has 0 radical (unpaired) electrons. The van der Waals surface area contributed by atoms with Crippen LogP contribution in [0.4, 0.5) is 0 Å². The zero-order valence-corrected chi connectivity index (χ0v) is 16.0. The van der Waals surface area contributed by atoms with Gasteiger partial charge < -0.3 is 24.4 Å². The lowest BCUT2D eigenvalue weighted by Gasteiger charge is -2.32. The van der Waals surface area contributed by atoms with Crippen LogP contribution in [-0.2, 0) is 11.3 Å². The van der Waals surface area contributed by atoms with Crippen LogP contribution in [0.15, 0.2) is 23.2 Å². The second-order valence-corrected chi connectivity index (χ2v) is 6.62. The van der Waals surface area contributed by atoms with Gasteiger partial charge in [0, 0.05) is 57.4 Å². The topological polar surface area (TPSA) is 58.6 Å². The number of nitrogens with zero attached hydrogens (tertiary/aromatic N) is 3. The minimum absolute atomic E-state index is 0.591. The lowest BCUT2D eigenvalue weighted by Crippen LogP contribution is -2.46. The maximum Gasteiger partial charge on any atom is 0.193 e. The Bertz CT molecular complexity index is 617. The Morgan fingerprint density at radius 3 is 2.73 bits per heavy atom. The van der Waals surface area contributed by atoms with E-state index in [1.807, 2.05) is 25.2 Å². The van der Waals surface area contributed by atoms with Gasteiger partial charge in [-0.05, 0) is 18.6 Å². The van der Waals surface area contributed by atoms with Gasteiger partial charge in [0.15, 0.2) is 5.96 Å². The Balaban J connectivity index is 1.57. The van der Waals surface area contributed by atoms with Crippen molar-refractivity contribution in [1.82, 2.24) is 15.1 Å². The molecule has 2 fully saturated rings. The molecule has 2 aliphatic heterocycles. The van der Waals surface area contributed by atoms with Crippen LogP contribution >= 0.6 is 0 Å². The van der Waals surface area contributed by atoms with Crippen molar-refractivity contribution in [3.8, 4) is 11.5 Å². The standard InChI is InChI=1S/C19H30N4O3/c1-20-19(21-13-15-4-5-17(24-2)12-18(15)25-3)23-7-6-16(14-23)22-8-10-26-11-9-22/h4-5,12,16H,6-11,13-14H2,1-3H3,(H,20,21). The molecule has 2 aliphatic rings. The van der Waals surface area contributed by atoms with Crippen molar-refractivity contribution in [3.05, 3.63) is 23.8 Å². The maximum absolute atomic E-state index is 5.48. The van der Waals surface area contributed by atoms with Crippen molar-refractivity contribution in [2.24, 2.45) is 4.99 Å². The molecule has 1 N–H and O–H groups in total. The fraction of sp³-hybridized carbons (Fsp3) is 0.632. The van der Waals surface area contributed by atoms with E-state index in [2.05, 4.69) is 20.1 Å². The van der Waals surface area contributed by atoms with Crippen LogP contribution in [0.5, 0.6) is 11.5 Å². The summed E-state index contributed by atoms with van der Waals surface area (Å²) in [6.07, 6.45) is 1.17. The molecule has 3 rings (SSSR count). The number of guanidine groups is 1. The number of rotatable bonds is 5. The highest BCUT2D eigenvalue weighted by Crippen LogP contribution is 2.24. The summed E-state index contributed by atoms with van der Waals surface area (Å²) in [5.74, 6) is 2.56. The Morgan fingerprint density at radius 2 is 2.04 bits per heavy atom. The molecule has 7 heteroatoms. The van der Waals surface area contributed by atoms with Gasteiger partial charge in [-0.25, -0.2) is 0 Å². The molecule has 0 saturated carbocycles. The van der Waals surface area contributed by atoms with E-state index in [9.17, 15) is 0 Å². The monoisotopic (exact) mass is 362 g/mol. The summed E-state index contributed by atoms with van der Waals surface area (Å²) in [5.41, 5.74) is 1.08. The first-order valence-corrected chi connectivity index (χ1v) is 9.23. The molecule has 1 aromatic carbocycles. The van der Waals surface area contributed by atoms with E-state index < -0.39 is 0 Å². The van der Waals surface area contributed by atoms with Gasteiger partial charge in [0.2, 0.25) is 0 Å². The summed E-state index contributed by atoms with van der Waals surface area (Å²) in [6.45, 7) is 6.47. The first-order valence-electron chi connectivity index (χ1n) is 9.23. The highest BCUT2D eigenvalue weighted by Gasteiger charge is 2.30. The average molecular weight is 362 g/mol. The normalized spacial score (nSPS) is 21.7. The van der Waals surface area contributed by atoms with Gasteiger partial charge in [-0.15, -0.1) is 0 Å². The molecule has 2 heterocycles. The number of hydrogen-bond acceptors (Lipinski definition) is 5. The van der Waals surface area contributed by atoms with E-state index in [-0.39, 0.29) is 0 Å². The summed E-state index contributed by atoms with van der Waals surface area (Å²) in [4.78, 5) is 9.36. The first kappa shape index (κ1) is 18.8. The van der Waals surface area contributed by atoms with E-state index in [1.54, 1.807) is 14.2 Å². The summed E-state index contributed by atoms with van der Waals surface area (Å²) in [5, 5.41) is 3.48. The molecule has 1 atom stereocenters. The van der Waals surface area contributed by atoms with Crippen LogP contribution in [-0.4, -0.2) is 82.5 Å².